The highest BCUT2D eigenvalue weighted by atomic mass is 35.5. The first-order valence-electron chi connectivity index (χ1n) is 8.50. The Balaban J connectivity index is 1.60. The van der Waals surface area contributed by atoms with Crippen molar-refractivity contribution in [3.8, 4) is 0 Å². The molecule has 0 radical (unpaired) electrons. The largest absolute Gasteiger partial charge is 0.354 e. The normalized spacial score (nSPS) is 17.2. The van der Waals surface area contributed by atoms with E-state index in [0.717, 1.165) is 30.2 Å². The van der Waals surface area contributed by atoms with Gasteiger partial charge < -0.3 is 10.2 Å². The summed E-state index contributed by atoms with van der Waals surface area (Å²) in [6.07, 6.45) is 5.07. The minimum absolute atomic E-state index is 0.0217. The van der Waals surface area contributed by atoms with Gasteiger partial charge in [-0.2, -0.15) is 0 Å². The fourth-order valence-electron chi connectivity index (χ4n) is 2.93. The van der Waals surface area contributed by atoms with Gasteiger partial charge in [0.25, 0.3) is 0 Å². The van der Waals surface area contributed by atoms with Gasteiger partial charge in [-0.05, 0) is 38.3 Å². The Bertz CT molecular complexity index is 792. The SMILES string of the molecule is C[C@H]1CCCCN1c1cc(SCC(=O)Nc2cccc(Cl)c2F)ncn1. The van der Waals surface area contributed by atoms with Crippen LogP contribution in [0.4, 0.5) is 15.9 Å². The zero-order valence-corrected chi connectivity index (χ0v) is 16.0. The van der Waals surface area contributed by atoms with Crippen molar-refractivity contribution in [2.24, 2.45) is 0 Å². The van der Waals surface area contributed by atoms with E-state index in [4.69, 9.17) is 11.6 Å². The summed E-state index contributed by atoms with van der Waals surface area (Å²) in [6.45, 7) is 3.18. The summed E-state index contributed by atoms with van der Waals surface area (Å²) >= 11 is 7.01. The molecule has 2 heterocycles. The number of thioether (sulfide) groups is 1. The maximum atomic E-state index is 13.8. The number of rotatable bonds is 5. The van der Waals surface area contributed by atoms with Gasteiger partial charge in [-0.3, -0.25) is 4.79 Å². The Kier molecular flexibility index (Phi) is 6.32. The summed E-state index contributed by atoms with van der Waals surface area (Å²) in [7, 11) is 0. The van der Waals surface area contributed by atoms with Crippen molar-refractivity contribution >= 4 is 40.8 Å². The Morgan fingerprint density at radius 1 is 1.42 bits per heavy atom. The number of piperidine rings is 1. The average Bonchev–Trinajstić information content (AvgIpc) is 2.64. The first-order chi connectivity index (χ1) is 12.5. The Labute approximate surface area is 161 Å². The monoisotopic (exact) mass is 394 g/mol. The molecule has 1 atom stereocenters. The lowest BCUT2D eigenvalue weighted by atomic mass is 10.0. The van der Waals surface area contributed by atoms with Crippen LogP contribution in [0.1, 0.15) is 26.2 Å². The highest BCUT2D eigenvalue weighted by molar-refractivity contribution is 7.99. The van der Waals surface area contributed by atoms with Crippen LogP contribution in [-0.4, -0.2) is 34.2 Å². The van der Waals surface area contributed by atoms with E-state index in [1.807, 2.05) is 6.07 Å². The van der Waals surface area contributed by atoms with E-state index in [1.165, 1.54) is 36.6 Å². The first-order valence-corrected chi connectivity index (χ1v) is 9.86. The van der Waals surface area contributed by atoms with E-state index in [0.29, 0.717) is 6.04 Å². The van der Waals surface area contributed by atoms with Crippen LogP contribution >= 0.6 is 23.4 Å². The molecule has 0 aliphatic carbocycles. The van der Waals surface area contributed by atoms with Gasteiger partial charge in [0.15, 0.2) is 5.82 Å². The van der Waals surface area contributed by atoms with Crippen LogP contribution in [0.15, 0.2) is 35.6 Å². The number of hydrogen-bond donors (Lipinski definition) is 1. The molecule has 138 valence electrons. The molecule has 26 heavy (non-hydrogen) atoms. The van der Waals surface area contributed by atoms with Crippen LogP contribution in [0.2, 0.25) is 5.02 Å². The van der Waals surface area contributed by atoms with E-state index in [-0.39, 0.29) is 22.4 Å². The second kappa shape index (κ2) is 8.68. The molecule has 0 unspecified atom stereocenters. The van der Waals surface area contributed by atoms with E-state index < -0.39 is 5.82 Å². The van der Waals surface area contributed by atoms with E-state index in [9.17, 15) is 9.18 Å². The van der Waals surface area contributed by atoms with Crippen molar-refractivity contribution in [2.45, 2.75) is 37.3 Å². The molecule has 0 spiro atoms. The number of aromatic nitrogens is 2. The highest BCUT2D eigenvalue weighted by Crippen LogP contribution is 2.26. The molecule has 1 aliphatic rings. The third kappa shape index (κ3) is 4.65. The number of carbonyl (C=O) groups is 1. The van der Waals surface area contributed by atoms with Crippen LogP contribution in [0.5, 0.6) is 0 Å². The highest BCUT2D eigenvalue weighted by Gasteiger charge is 2.20. The molecule has 1 aromatic carbocycles. The minimum atomic E-state index is -0.629. The van der Waals surface area contributed by atoms with Gasteiger partial charge in [0, 0.05) is 18.7 Å². The van der Waals surface area contributed by atoms with Crippen molar-refractivity contribution in [3.05, 3.63) is 41.4 Å². The standard InChI is InChI=1S/C18H20ClFN4OS/c1-12-5-2-3-8-24(12)15-9-17(22-11-21-15)26-10-16(25)23-14-7-4-6-13(19)18(14)20/h4,6-7,9,11-12H,2-3,5,8,10H2,1H3,(H,23,25)/t12-/m0/s1. The van der Waals surface area contributed by atoms with Crippen molar-refractivity contribution in [3.63, 3.8) is 0 Å². The second-order valence-electron chi connectivity index (χ2n) is 6.19. The number of carbonyl (C=O) groups excluding carboxylic acids is 1. The lowest BCUT2D eigenvalue weighted by Crippen LogP contribution is -2.38. The fraction of sp³-hybridized carbons (Fsp3) is 0.389. The lowest BCUT2D eigenvalue weighted by molar-refractivity contribution is -0.113. The van der Waals surface area contributed by atoms with E-state index >= 15 is 0 Å². The van der Waals surface area contributed by atoms with Crippen molar-refractivity contribution < 1.29 is 9.18 Å². The maximum absolute atomic E-state index is 13.8. The van der Waals surface area contributed by atoms with Gasteiger partial charge in [0.2, 0.25) is 5.91 Å². The molecular formula is C18H20ClFN4OS. The van der Waals surface area contributed by atoms with E-state index in [2.05, 4.69) is 27.1 Å². The fourth-order valence-corrected chi connectivity index (χ4v) is 3.77. The predicted molar refractivity (Wildman–Crippen MR) is 103 cm³/mol. The summed E-state index contributed by atoms with van der Waals surface area (Å²) in [5.41, 5.74) is 0.0774. The first kappa shape index (κ1) is 18.9. The van der Waals surface area contributed by atoms with Crippen LogP contribution in [-0.2, 0) is 4.79 Å². The molecule has 2 aromatic rings. The number of halogens is 2. The Morgan fingerprint density at radius 3 is 3.08 bits per heavy atom. The predicted octanol–water partition coefficient (Wildman–Crippen LogP) is 4.38. The summed E-state index contributed by atoms with van der Waals surface area (Å²) in [5, 5.41) is 3.23. The van der Waals surface area contributed by atoms with Crippen LogP contribution in [0.3, 0.4) is 0 Å². The zero-order chi connectivity index (χ0) is 18.5. The summed E-state index contributed by atoms with van der Waals surface area (Å²) in [4.78, 5) is 23.0. The number of benzene rings is 1. The van der Waals surface area contributed by atoms with Gasteiger partial charge in [-0.25, -0.2) is 14.4 Å². The molecule has 3 rings (SSSR count). The lowest BCUT2D eigenvalue weighted by Gasteiger charge is -2.34. The van der Waals surface area contributed by atoms with Gasteiger partial charge in [0.05, 0.1) is 16.5 Å². The number of nitrogens with zero attached hydrogens (tertiary/aromatic N) is 3. The third-order valence-electron chi connectivity index (χ3n) is 4.30. The van der Waals surface area contributed by atoms with Gasteiger partial charge in [-0.1, -0.05) is 29.4 Å². The molecule has 8 heteroatoms. The molecule has 1 fully saturated rings. The molecule has 1 amide bonds. The van der Waals surface area contributed by atoms with Gasteiger partial charge in [-0.15, -0.1) is 0 Å². The smallest absolute Gasteiger partial charge is 0.234 e. The maximum Gasteiger partial charge on any atom is 0.234 e. The van der Waals surface area contributed by atoms with Gasteiger partial charge in [0.1, 0.15) is 17.2 Å². The molecule has 1 aliphatic heterocycles. The molecular weight excluding hydrogens is 375 g/mol. The van der Waals surface area contributed by atoms with Crippen LogP contribution in [0, 0.1) is 5.82 Å². The molecule has 5 nitrogen and oxygen atoms in total. The second-order valence-corrected chi connectivity index (χ2v) is 7.59. The van der Waals surface area contributed by atoms with Crippen LogP contribution < -0.4 is 10.2 Å². The van der Waals surface area contributed by atoms with Gasteiger partial charge >= 0.3 is 0 Å². The minimum Gasteiger partial charge on any atom is -0.354 e. The molecule has 1 N–H and O–H groups in total. The van der Waals surface area contributed by atoms with Crippen LogP contribution in [0.25, 0.3) is 0 Å². The van der Waals surface area contributed by atoms with Crippen molar-refractivity contribution in [1.29, 1.82) is 0 Å². The molecule has 1 saturated heterocycles. The Hall–Kier alpha value is -1.86. The zero-order valence-electron chi connectivity index (χ0n) is 14.4. The quantitative estimate of drug-likeness (QED) is 0.602. The van der Waals surface area contributed by atoms with E-state index in [1.54, 1.807) is 6.07 Å². The average molecular weight is 395 g/mol. The third-order valence-corrected chi connectivity index (χ3v) is 5.52. The number of amides is 1. The van der Waals surface area contributed by atoms with Crippen molar-refractivity contribution in [1.82, 2.24) is 9.97 Å². The summed E-state index contributed by atoms with van der Waals surface area (Å²) < 4.78 is 13.8. The Morgan fingerprint density at radius 2 is 2.27 bits per heavy atom. The summed E-state index contributed by atoms with van der Waals surface area (Å²) in [5.74, 6) is 0.0624. The molecule has 1 aromatic heterocycles. The number of hydrogen-bond acceptors (Lipinski definition) is 5. The number of anilines is 2. The molecule has 0 bridgehead atoms. The summed E-state index contributed by atoms with van der Waals surface area (Å²) in [6, 6.07) is 6.85. The molecule has 0 saturated carbocycles. The topological polar surface area (TPSA) is 58.1 Å². The van der Waals surface area contributed by atoms with Crippen molar-refractivity contribution in [2.75, 3.05) is 22.5 Å². The number of nitrogens with one attached hydrogen (secondary N) is 1.